The van der Waals surface area contributed by atoms with Crippen LogP contribution < -0.4 is 5.56 Å². The van der Waals surface area contributed by atoms with Gasteiger partial charge in [-0.25, -0.2) is 9.38 Å². The first-order valence-electron chi connectivity index (χ1n) is 12.8. The van der Waals surface area contributed by atoms with Crippen molar-refractivity contribution in [1.29, 1.82) is 0 Å². The van der Waals surface area contributed by atoms with Gasteiger partial charge in [-0.2, -0.15) is 4.98 Å². The van der Waals surface area contributed by atoms with Gasteiger partial charge in [0.05, 0.1) is 18.8 Å². The van der Waals surface area contributed by atoms with Crippen LogP contribution in [0.25, 0.3) is 28.2 Å². The molecule has 1 fully saturated rings. The third kappa shape index (κ3) is 5.19. The first-order valence-corrected chi connectivity index (χ1v) is 14.7. The Labute approximate surface area is 234 Å². The fourth-order valence-electron chi connectivity index (χ4n) is 4.63. The van der Waals surface area contributed by atoms with E-state index in [9.17, 15) is 19.9 Å². The number of H-pyrrole nitrogens is 1. The average molecular weight is 582 g/mol. The van der Waals surface area contributed by atoms with Crippen LogP contribution in [0.4, 0.5) is 0 Å². The molecule has 1 aliphatic heterocycles. The molecular formula is C27H28N5O6PS. The number of aromatic nitrogens is 5. The van der Waals surface area contributed by atoms with Crippen molar-refractivity contribution in [2.45, 2.75) is 54.7 Å². The minimum Gasteiger partial charge on any atom is -0.388 e. The van der Waals surface area contributed by atoms with Crippen LogP contribution in [0.5, 0.6) is 0 Å². The standard InChI is InChI=1S/C27H28N5O6PS/c1-15(2)16-8-10-18(11-9-16)40-27-29-22-24(31(27)13-20(33)23-21(34)14-37-39(36)38-23)30-26-28-19(12-32(26)25(22)35)17-6-4-3-5-7-17/h3-12,15,20-21,23,33-34,36H,13-14H2,1-2H3,(H,28,30). The zero-order valence-corrected chi connectivity index (χ0v) is 23.4. The summed E-state index contributed by atoms with van der Waals surface area (Å²) in [5.74, 6) is 0.709. The Hall–Kier alpha value is -3.09. The highest BCUT2D eigenvalue weighted by Gasteiger charge is 2.37. The van der Waals surface area contributed by atoms with Gasteiger partial charge in [-0.3, -0.25) is 4.79 Å². The molecule has 4 unspecified atom stereocenters. The molecule has 0 aliphatic carbocycles. The number of aliphatic hydroxyl groups is 2. The molecule has 6 rings (SSSR count). The topological polar surface area (TPSA) is 147 Å². The second kappa shape index (κ2) is 11.1. The van der Waals surface area contributed by atoms with Crippen LogP contribution >= 0.6 is 20.4 Å². The van der Waals surface area contributed by atoms with Crippen molar-refractivity contribution in [2.75, 3.05) is 6.61 Å². The lowest BCUT2D eigenvalue weighted by Gasteiger charge is -2.33. The normalized spacial score (nSPS) is 20.5. The van der Waals surface area contributed by atoms with E-state index in [-0.39, 0.29) is 29.9 Å². The highest BCUT2D eigenvalue weighted by atomic mass is 32.2. The summed E-state index contributed by atoms with van der Waals surface area (Å²) in [6, 6.07) is 17.7. The quantitative estimate of drug-likeness (QED) is 0.211. The van der Waals surface area contributed by atoms with Crippen LogP contribution in [0.15, 0.2) is 75.6 Å². The van der Waals surface area contributed by atoms with Crippen LogP contribution in [-0.2, 0) is 15.6 Å². The summed E-state index contributed by atoms with van der Waals surface area (Å²) in [6.45, 7) is 3.99. The second-order valence-electron chi connectivity index (χ2n) is 9.89. The van der Waals surface area contributed by atoms with E-state index < -0.39 is 26.9 Å². The third-order valence-electron chi connectivity index (χ3n) is 6.81. The fraction of sp³-hybridized carbons (Fsp3) is 0.296. The molecule has 40 heavy (non-hydrogen) atoms. The number of hydrogen-bond acceptors (Lipinski definition) is 9. The maximum atomic E-state index is 13.6. The second-order valence-corrected chi connectivity index (χ2v) is 11.9. The summed E-state index contributed by atoms with van der Waals surface area (Å²) >= 11 is 1.34. The van der Waals surface area contributed by atoms with Gasteiger partial charge in [0.25, 0.3) is 5.56 Å². The van der Waals surface area contributed by atoms with Crippen molar-refractivity contribution >= 4 is 37.3 Å². The minimum atomic E-state index is -2.22. The van der Waals surface area contributed by atoms with Gasteiger partial charge in [0, 0.05) is 11.1 Å². The van der Waals surface area contributed by atoms with Crippen LogP contribution in [0, 0.1) is 0 Å². The largest absolute Gasteiger partial charge is 0.388 e. The molecule has 3 aromatic heterocycles. The highest BCUT2D eigenvalue weighted by Crippen LogP contribution is 2.41. The lowest BCUT2D eigenvalue weighted by atomic mass is 10.0. The SMILES string of the molecule is CC(C)c1ccc(Sc2nc3c(=O)n4cc(-c5ccccc5)[nH]c4nc3n2CC(O)C2OP(O)OCC2O)cc1. The Kier molecular flexibility index (Phi) is 7.49. The number of aromatic amines is 1. The Bertz CT molecular complexity index is 1700. The van der Waals surface area contributed by atoms with E-state index in [1.54, 1.807) is 10.8 Å². The van der Waals surface area contributed by atoms with Gasteiger partial charge in [0.2, 0.25) is 5.78 Å². The van der Waals surface area contributed by atoms with Crippen molar-refractivity contribution in [3.05, 3.63) is 76.7 Å². The van der Waals surface area contributed by atoms with E-state index in [2.05, 4.69) is 23.8 Å². The maximum Gasteiger partial charge on any atom is 0.330 e. The van der Waals surface area contributed by atoms with E-state index in [1.807, 2.05) is 54.6 Å². The molecule has 11 nitrogen and oxygen atoms in total. The number of nitrogens with zero attached hydrogens (tertiary/aromatic N) is 4. The molecule has 4 heterocycles. The number of imidazole rings is 2. The van der Waals surface area contributed by atoms with Crippen molar-refractivity contribution in [3.8, 4) is 11.3 Å². The lowest BCUT2D eigenvalue weighted by Crippen LogP contribution is -2.45. The molecule has 1 aliphatic rings. The van der Waals surface area contributed by atoms with Crippen LogP contribution in [0.3, 0.4) is 0 Å². The van der Waals surface area contributed by atoms with Crippen molar-refractivity contribution in [1.82, 2.24) is 23.9 Å². The Morgan fingerprint density at radius 1 is 1.15 bits per heavy atom. The van der Waals surface area contributed by atoms with E-state index in [0.717, 1.165) is 16.2 Å². The molecular weight excluding hydrogens is 553 g/mol. The molecule has 4 atom stereocenters. The maximum absolute atomic E-state index is 13.6. The monoisotopic (exact) mass is 581 g/mol. The molecule has 4 N–H and O–H groups in total. The molecule has 0 bridgehead atoms. The molecule has 0 radical (unpaired) electrons. The van der Waals surface area contributed by atoms with Crippen LogP contribution in [0.1, 0.15) is 25.3 Å². The molecule has 2 aromatic carbocycles. The summed E-state index contributed by atoms with van der Waals surface area (Å²) in [4.78, 5) is 36.9. The van der Waals surface area contributed by atoms with E-state index in [0.29, 0.717) is 16.9 Å². The molecule has 1 saturated heterocycles. The Morgan fingerprint density at radius 2 is 1.90 bits per heavy atom. The number of fused-ring (bicyclic) bond motifs is 2. The van der Waals surface area contributed by atoms with Gasteiger partial charge in [0.15, 0.2) is 16.3 Å². The Morgan fingerprint density at radius 3 is 2.62 bits per heavy atom. The third-order valence-corrected chi connectivity index (χ3v) is 8.60. The zero-order chi connectivity index (χ0) is 28.0. The first kappa shape index (κ1) is 27.1. The number of rotatable bonds is 7. The highest BCUT2D eigenvalue weighted by molar-refractivity contribution is 7.99. The average Bonchev–Trinajstić information content (AvgIpc) is 3.53. The molecule has 13 heteroatoms. The molecule has 208 valence electrons. The first-order chi connectivity index (χ1) is 19.3. The predicted molar refractivity (Wildman–Crippen MR) is 151 cm³/mol. The van der Waals surface area contributed by atoms with Gasteiger partial charge < -0.3 is 33.7 Å². The van der Waals surface area contributed by atoms with Crippen molar-refractivity contribution in [3.63, 3.8) is 0 Å². The van der Waals surface area contributed by atoms with Gasteiger partial charge in [-0.1, -0.05) is 68.1 Å². The number of aliphatic hydroxyl groups excluding tert-OH is 2. The summed E-state index contributed by atoms with van der Waals surface area (Å²) in [6.07, 6.45) is -1.79. The van der Waals surface area contributed by atoms with Gasteiger partial charge in [-0.05, 0) is 29.2 Å². The van der Waals surface area contributed by atoms with E-state index in [4.69, 9.17) is 14.0 Å². The number of hydrogen-bond donors (Lipinski definition) is 4. The van der Waals surface area contributed by atoms with Crippen LogP contribution in [-0.4, -0.2) is 63.9 Å². The van der Waals surface area contributed by atoms with Gasteiger partial charge in [-0.15, -0.1) is 0 Å². The lowest BCUT2D eigenvalue weighted by molar-refractivity contribution is -0.0956. The zero-order valence-electron chi connectivity index (χ0n) is 21.7. The van der Waals surface area contributed by atoms with Crippen molar-refractivity contribution in [2.24, 2.45) is 0 Å². The summed E-state index contributed by atoms with van der Waals surface area (Å²) in [7, 11) is -2.22. The molecule has 5 aromatic rings. The fourth-order valence-corrected chi connectivity index (χ4v) is 6.35. The number of benzene rings is 2. The minimum absolute atomic E-state index is 0.0946. The van der Waals surface area contributed by atoms with Gasteiger partial charge in [0.1, 0.15) is 18.3 Å². The van der Waals surface area contributed by atoms with E-state index in [1.165, 1.54) is 21.7 Å². The van der Waals surface area contributed by atoms with Crippen molar-refractivity contribution < 1.29 is 24.2 Å². The Balaban J connectivity index is 1.44. The smallest absolute Gasteiger partial charge is 0.330 e. The summed E-state index contributed by atoms with van der Waals surface area (Å²) in [5.41, 5.74) is 2.88. The molecule has 0 spiro atoms. The van der Waals surface area contributed by atoms with Crippen LogP contribution in [0.2, 0.25) is 0 Å². The molecule has 0 saturated carbocycles. The summed E-state index contributed by atoms with van der Waals surface area (Å²) in [5, 5.41) is 21.9. The number of nitrogens with one attached hydrogen (secondary N) is 1. The predicted octanol–water partition coefficient (Wildman–Crippen LogP) is 3.67. The molecule has 0 amide bonds. The van der Waals surface area contributed by atoms with Gasteiger partial charge >= 0.3 is 8.60 Å². The summed E-state index contributed by atoms with van der Waals surface area (Å²) < 4.78 is 13.4. The van der Waals surface area contributed by atoms with E-state index >= 15 is 0 Å².